The number of anilines is 1. The van der Waals surface area contributed by atoms with Crippen LogP contribution in [0.25, 0.3) is 0 Å². The number of hydrogen-bond donors (Lipinski definition) is 2. The lowest BCUT2D eigenvalue weighted by Crippen LogP contribution is -2.47. The molecular weight excluding hydrogens is 485 g/mol. The number of amides is 1. The van der Waals surface area contributed by atoms with Crippen LogP contribution in [-0.4, -0.2) is 46.3 Å². The molecule has 2 heterocycles. The Kier molecular flexibility index (Phi) is 6.66. The number of aromatic nitrogens is 1. The molecular formula is C21H22F5N3O4S. The van der Waals surface area contributed by atoms with Crippen LogP contribution >= 0.6 is 0 Å². The molecule has 3 rings (SSSR count). The average molecular weight is 507 g/mol. The Morgan fingerprint density at radius 3 is 2.50 bits per heavy atom. The van der Waals surface area contributed by atoms with Gasteiger partial charge in [-0.3, -0.25) is 4.79 Å². The Hall–Kier alpha value is -2.80. The van der Waals surface area contributed by atoms with Crippen LogP contribution < -0.4 is 10.1 Å². The molecule has 0 aliphatic carbocycles. The molecule has 13 heteroatoms. The summed E-state index contributed by atoms with van der Waals surface area (Å²) in [6.07, 6.45) is -4.38. The molecule has 34 heavy (non-hydrogen) atoms. The highest BCUT2D eigenvalue weighted by Gasteiger charge is 2.65. The Bertz CT molecular complexity index is 1220. The number of carbonyl (C=O) groups is 1. The van der Waals surface area contributed by atoms with Crippen LogP contribution in [0.3, 0.4) is 0 Å². The molecule has 2 aromatic rings. The molecule has 186 valence electrons. The maximum Gasteiger partial charge on any atom is 0.417 e. The van der Waals surface area contributed by atoms with Crippen molar-refractivity contribution in [1.29, 1.82) is 4.78 Å². The standard InChI is InChI=1S/C21H22F5N3O4S/c1-10-15(12-5-6-13(22)16(23)17(12)32-3)18(33-20(10,2)21(24,25)26)19(30)29-11-7-8-28-14(9-11)34(4,27)31/h5-10,15,18,27H,1-4H3,(H,28,29,30)/t10-,15-,18+,20+,34-/m1/s1. The van der Waals surface area contributed by atoms with Gasteiger partial charge in [0, 0.05) is 35.5 Å². The van der Waals surface area contributed by atoms with Crippen molar-refractivity contribution in [3.63, 3.8) is 0 Å². The van der Waals surface area contributed by atoms with Crippen molar-refractivity contribution < 1.29 is 40.4 Å². The van der Waals surface area contributed by atoms with Gasteiger partial charge in [0.15, 0.2) is 17.2 Å². The van der Waals surface area contributed by atoms with Gasteiger partial charge in [0.1, 0.15) is 11.1 Å². The second kappa shape index (κ2) is 8.77. The molecule has 1 aromatic heterocycles. The monoisotopic (exact) mass is 507 g/mol. The number of benzene rings is 1. The fourth-order valence-electron chi connectivity index (χ4n) is 3.95. The second-order valence-electron chi connectivity index (χ2n) is 8.16. The number of methoxy groups -OCH3 is 1. The Labute approximate surface area is 192 Å². The van der Waals surface area contributed by atoms with Gasteiger partial charge in [-0.2, -0.15) is 17.6 Å². The van der Waals surface area contributed by atoms with E-state index in [-0.39, 0.29) is 16.3 Å². The van der Waals surface area contributed by atoms with Gasteiger partial charge in [0.05, 0.1) is 16.8 Å². The minimum absolute atomic E-state index is 0.0182. The zero-order valence-corrected chi connectivity index (χ0v) is 19.3. The third kappa shape index (κ3) is 4.45. The van der Waals surface area contributed by atoms with Crippen molar-refractivity contribution in [3.05, 3.63) is 47.7 Å². The first-order valence-corrected chi connectivity index (χ1v) is 11.9. The minimum atomic E-state index is -4.89. The lowest BCUT2D eigenvalue weighted by atomic mass is 9.77. The number of carbonyl (C=O) groups excluding carboxylic acids is 1. The highest BCUT2D eigenvalue weighted by Crippen LogP contribution is 2.55. The molecule has 1 aromatic carbocycles. The maximum atomic E-state index is 14.4. The lowest BCUT2D eigenvalue weighted by molar-refractivity contribution is -0.272. The van der Waals surface area contributed by atoms with E-state index in [1.165, 1.54) is 19.2 Å². The second-order valence-corrected chi connectivity index (χ2v) is 10.3. The van der Waals surface area contributed by atoms with Crippen molar-refractivity contribution in [3.8, 4) is 5.75 Å². The van der Waals surface area contributed by atoms with Gasteiger partial charge < -0.3 is 14.8 Å². The number of ether oxygens (including phenoxy) is 2. The van der Waals surface area contributed by atoms with E-state index in [4.69, 9.17) is 14.3 Å². The van der Waals surface area contributed by atoms with Crippen LogP contribution in [0.5, 0.6) is 5.75 Å². The topological polar surface area (TPSA) is 101 Å². The molecule has 1 saturated heterocycles. The molecule has 1 aliphatic heterocycles. The van der Waals surface area contributed by atoms with E-state index in [1.54, 1.807) is 0 Å². The van der Waals surface area contributed by atoms with Crippen LogP contribution in [0.4, 0.5) is 27.6 Å². The molecule has 5 atom stereocenters. The van der Waals surface area contributed by atoms with Crippen molar-refractivity contribution in [2.24, 2.45) is 5.92 Å². The normalized spacial score (nSPS) is 26.7. The average Bonchev–Trinajstić information content (AvgIpc) is 3.01. The quantitative estimate of drug-likeness (QED) is 0.581. The Balaban J connectivity index is 2.08. The summed E-state index contributed by atoms with van der Waals surface area (Å²) in [5.41, 5.74) is -2.94. The molecule has 0 saturated carbocycles. The van der Waals surface area contributed by atoms with Gasteiger partial charge in [-0.1, -0.05) is 13.0 Å². The molecule has 2 N–H and O–H groups in total. The summed E-state index contributed by atoms with van der Waals surface area (Å²) in [4.78, 5) is 16.9. The number of nitrogens with zero attached hydrogens (tertiary/aromatic N) is 1. The largest absolute Gasteiger partial charge is 0.493 e. The highest BCUT2D eigenvalue weighted by atomic mass is 32.2. The van der Waals surface area contributed by atoms with Gasteiger partial charge in [0.25, 0.3) is 5.91 Å². The van der Waals surface area contributed by atoms with Crippen LogP contribution in [0.15, 0.2) is 35.5 Å². The number of hydrogen-bond acceptors (Lipinski definition) is 6. The highest BCUT2D eigenvalue weighted by molar-refractivity contribution is 7.91. The van der Waals surface area contributed by atoms with Gasteiger partial charge in [0.2, 0.25) is 5.82 Å². The number of nitrogens with one attached hydrogen (secondary N) is 2. The summed E-state index contributed by atoms with van der Waals surface area (Å²) < 4.78 is 99.8. The van der Waals surface area contributed by atoms with Gasteiger partial charge in [-0.15, -0.1) is 0 Å². The van der Waals surface area contributed by atoms with Crippen molar-refractivity contribution in [1.82, 2.24) is 4.98 Å². The van der Waals surface area contributed by atoms with Crippen LogP contribution in [-0.2, 0) is 19.3 Å². The molecule has 0 bridgehead atoms. The summed E-state index contributed by atoms with van der Waals surface area (Å²) in [5.74, 6) is -7.09. The predicted octanol–water partition coefficient (Wildman–Crippen LogP) is 4.48. The van der Waals surface area contributed by atoms with Gasteiger partial charge in [-0.05, 0) is 25.1 Å². The number of rotatable bonds is 5. The Morgan fingerprint density at radius 2 is 1.94 bits per heavy atom. The maximum absolute atomic E-state index is 14.4. The molecule has 1 fully saturated rings. The first-order valence-electron chi connectivity index (χ1n) is 9.89. The van der Waals surface area contributed by atoms with Gasteiger partial charge >= 0.3 is 6.18 Å². The van der Waals surface area contributed by atoms with Gasteiger partial charge in [-0.25, -0.2) is 18.4 Å². The minimum Gasteiger partial charge on any atom is -0.493 e. The van der Waals surface area contributed by atoms with E-state index in [1.807, 2.05) is 0 Å². The third-order valence-corrected chi connectivity index (χ3v) is 6.99. The fraction of sp³-hybridized carbons (Fsp3) is 0.429. The van der Waals surface area contributed by atoms with E-state index in [9.17, 15) is 31.0 Å². The molecule has 0 spiro atoms. The Morgan fingerprint density at radius 1 is 1.29 bits per heavy atom. The van der Waals surface area contributed by atoms with E-state index in [0.717, 1.165) is 38.5 Å². The lowest BCUT2D eigenvalue weighted by Gasteiger charge is -2.32. The smallest absolute Gasteiger partial charge is 0.417 e. The zero-order chi connectivity index (χ0) is 25.6. The SMILES string of the molecule is COc1c([C@@H]2[C@@H](C(=O)Nc3ccnc([S@](C)(=N)=O)c3)O[C@](C)(C(F)(F)F)[C@@H]2C)ccc(F)c1F. The van der Waals surface area contributed by atoms with Crippen LogP contribution in [0, 0.1) is 22.3 Å². The summed E-state index contributed by atoms with van der Waals surface area (Å²) in [6.45, 7) is 1.98. The molecule has 0 radical (unpaired) electrons. The van der Waals surface area contributed by atoms with Crippen LogP contribution in [0.2, 0.25) is 0 Å². The van der Waals surface area contributed by atoms with Crippen molar-refractivity contribution >= 4 is 21.3 Å². The number of halogens is 5. The van der Waals surface area contributed by atoms with E-state index in [2.05, 4.69) is 10.3 Å². The molecule has 0 unspecified atom stereocenters. The van der Waals surface area contributed by atoms with E-state index < -0.39 is 62.7 Å². The fourth-order valence-corrected chi connectivity index (χ4v) is 4.57. The van der Waals surface area contributed by atoms with Crippen LogP contribution in [0.1, 0.15) is 25.3 Å². The van der Waals surface area contributed by atoms with E-state index >= 15 is 0 Å². The third-order valence-electron chi connectivity index (χ3n) is 5.97. The van der Waals surface area contributed by atoms with Crippen molar-refractivity contribution in [2.45, 2.75) is 42.7 Å². The summed E-state index contributed by atoms with van der Waals surface area (Å²) >= 11 is 0. The summed E-state index contributed by atoms with van der Waals surface area (Å²) in [7, 11) is -2.21. The number of alkyl halides is 3. The molecule has 1 amide bonds. The molecule has 7 nitrogen and oxygen atoms in total. The summed E-state index contributed by atoms with van der Waals surface area (Å²) in [6, 6.07) is 4.24. The predicted molar refractivity (Wildman–Crippen MR) is 112 cm³/mol. The number of pyridine rings is 1. The first-order chi connectivity index (χ1) is 15.6. The van der Waals surface area contributed by atoms with E-state index in [0.29, 0.717) is 0 Å². The zero-order valence-electron chi connectivity index (χ0n) is 18.5. The first kappa shape index (κ1) is 25.8. The summed E-state index contributed by atoms with van der Waals surface area (Å²) in [5, 5.41) is 2.23. The molecule has 1 aliphatic rings. The van der Waals surface area contributed by atoms with Crippen molar-refractivity contribution in [2.75, 3.05) is 18.7 Å².